The number of aliphatic hydroxyl groups excluding tert-OH is 1. The van der Waals surface area contributed by atoms with Gasteiger partial charge < -0.3 is 14.8 Å². The molecule has 0 aromatic heterocycles. The number of nitrogens with zero attached hydrogens (tertiary/aromatic N) is 2. The largest absolute Gasteiger partial charge is 0.388 e. The van der Waals surface area contributed by atoms with Gasteiger partial charge in [0.05, 0.1) is 11.8 Å². The summed E-state index contributed by atoms with van der Waals surface area (Å²) in [6.07, 6.45) is 1.65. The molecule has 1 aliphatic heterocycles. The highest BCUT2D eigenvalue weighted by Gasteiger charge is 2.33. The molecule has 4 nitrogen and oxygen atoms in total. The predicted molar refractivity (Wildman–Crippen MR) is 137 cm³/mol. The number of hydrogen-bond acceptors (Lipinski definition) is 4. The lowest BCUT2D eigenvalue weighted by Gasteiger charge is -2.28. The molecule has 3 aromatic carbocycles. The van der Waals surface area contributed by atoms with Gasteiger partial charge in [0.25, 0.3) is 0 Å². The van der Waals surface area contributed by atoms with Gasteiger partial charge in [-0.2, -0.15) is 5.06 Å². The SMILES string of the molecule is CCN(CC)c1ccc(N2OC(CC(O)c3ccccc3)=CC2c2c(Cl)cccc2Cl)cc1. The number of hydroxylamine groups is 1. The van der Waals surface area contributed by atoms with Crippen LogP contribution in [0.25, 0.3) is 0 Å². The van der Waals surface area contributed by atoms with E-state index in [4.69, 9.17) is 28.0 Å². The molecule has 1 aliphatic rings. The Labute approximate surface area is 205 Å². The molecule has 4 rings (SSSR count). The molecule has 6 heteroatoms. The number of rotatable bonds is 8. The Kier molecular flexibility index (Phi) is 7.49. The van der Waals surface area contributed by atoms with Crippen LogP contribution in [-0.2, 0) is 4.84 Å². The Bertz CT molecular complexity index is 1080. The Morgan fingerprint density at radius 1 is 0.909 bits per heavy atom. The molecule has 2 unspecified atom stereocenters. The zero-order valence-corrected chi connectivity index (χ0v) is 20.3. The molecule has 0 amide bonds. The fourth-order valence-electron chi connectivity index (χ4n) is 4.15. The number of aliphatic hydroxyl groups is 1. The zero-order chi connectivity index (χ0) is 23.4. The third-order valence-electron chi connectivity index (χ3n) is 5.92. The average Bonchev–Trinajstić information content (AvgIpc) is 3.24. The summed E-state index contributed by atoms with van der Waals surface area (Å²) < 4.78 is 0. The van der Waals surface area contributed by atoms with Crippen LogP contribution < -0.4 is 9.96 Å². The molecular formula is C27H28Cl2N2O2. The highest BCUT2D eigenvalue weighted by atomic mass is 35.5. The Morgan fingerprint density at radius 2 is 1.55 bits per heavy atom. The fourth-order valence-corrected chi connectivity index (χ4v) is 4.77. The Morgan fingerprint density at radius 3 is 2.15 bits per heavy atom. The smallest absolute Gasteiger partial charge is 0.133 e. The standard InChI is InChI=1S/C27H28Cl2N2O2/c1-3-30(4-2)20-13-15-21(16-14-20)31-25(27-23(28)11-8-12-24(27)29)17-22(33-31)18-26(32)19-9-6-5-7-10-19/h5-17,25-26,32H,3-4,18H2,1-2H3. The van der Waals surface area contributed by atoms with E-state index in [0.717, 1.165) is 35.6 Å². The first-order valence-electron chi connectivity index (χ1n) is 11.2. The van der Waals surface area contributed by atoms with E-state index in [2.05, 4.69) is 30.9 Å². The van der Waals surface area contributed by atoms with E-state index in [0.29, 0.717) is 22.2 Å². The number of hydrogen-bond donors (Lipinski definition) is 1. The predicted octanol–water partition coefficient (Wildman–Crippen LogP) is 7.34. The van der Waals surface area contributed by atoms with Crippen LogP contribution in [0.4, 0.5) is 11.4 Å². The van der Waals surface area contributed by atoms with Crippen LogP contribution in [0.2, 0.25) is 10.0 Å². The van der Waals surface area contributed by atoms with Crippen molar-refractivity contribution in [3.63, 3.8) is 0 Å². The molecule has 0 radical (unpaired) electrons. The van der Waals surface area contributed by atoms with E-state index in [-0.39, 0.29) is 6.04 Å². The van der Waals surface area contributed by atoms with Crippen LogP contribution in [0.5, 0.6) is 0 Å². The van der Waals surface area contributed by atoms with Crippen molar-refractivity contribution in [3.05, 3.63) is 106 Å². The first-order chi connectivity index (χ1) is 16.0. The maximum Gasteiger partial charge on any atom is 0.133 e. The van der Waals surface area contributed by atoms with Crippen molar-refractivity contribution in [2.45, 2.75) is 32.4 Å². The second-order valence-corrected chi connectivity index (χ2v) is 8.76. The lowest BCUT2D eigenvalue weighted by atomic mass is 10.0. The minimum absolute atomic E-state index is 0.316. The second kappa shape index (κ2) is 10.5. The molecular weight excluding hydrogens is 455 g/mol. The third-order valence-corrected chi connectivity index (χ3v) is 6.58. The van der Waals surface area contributed by atoms with Gasteiger partial charge in [-0.3, -0.25) is 0 Å². The summed E-state index contributed by atoms with van der Waals surface area (Å²) in [5.41, 5.74) is 3.66. The minimum atomic E-state index is -0.676. The van der Waals surface area contributed by atoms with Gasteiger partial charge >= 0.3 is 0 Å². The quantitative estimate of drug-likeness (QED) is 0.364. The van der Waals surface area contributed by atoms with Crippen molar-refractivity contribution in [2.24, 2.45) is 0 Å². The Hall–Kier alpha value is -2.66. The molecule has 0 aliphatic carbocycles. The highest BCUT2D eigenvalue weighted by molar-refractivity contribution is 6.36. The van der Waals surface area contributed by atoms with Crippen molar-refractivity contribution in [3.8, 4) is 0 Å². The number of benzene rings is 3. The van der Waals surface area contributed by atoms with Gasteiger partial charge in [-0.25, -0.2) is 0 Å². The van der Waals surface area contributed by atoms with Crippen LogP contribution >= 0.6 is 23.2 Å². The summed E-state index contributed by atoms with van der Waals surface area (Å²) in [7, 11) is 0. The summed E-state index contributed by atoms with van der Waals surface area (Å²) in [5.74, 6) is 0.667. The maximum atomic E-state index is 10.8. The normalized spacial score (nSPS) is 16.3. The van der Waals surface area contributed by atoms with Crippen molar-refractivity contribution in [1.29, 1.82) is 0 Å². The molecule has 0 saturated heterocycles. The van der Waals surface area contributed by atoms with Gasteiger partial charge in [0.2, 0.25) is 0 Å². The van der Waals surface area contributed by atoms with Gasteiger partial charge in [0.1, 0.15) is 11.8 Å². The molecule has 3 aromatic rings. The molecule has 0 fully saturated rings. The van der Waals surface area contributed by atoms with Crippen LogP contribution in [0.1, 0.15) is 43.5 Å². The number of halogens is 2. The molecule has 2 atom stereocenters. The van der Waals surface area contributed by atoms with Crippen molar-refractivity contribution in [1.82, 2.24) is 0 Å². The molecule has 33 heavy (non-hydrogen) atoms. The maximum absolute atomic E-state index is 10.8. The van der Waals surface area contributed by atoms with E-state index in [9.17, 15) is 5.11 Å². The number of anilines is 2. The zero-order valence-electron chi connectivity index (χ0n) is 18.8. The summed E-state index contributed by atoms with van der Waals surface area (Å²) in [6.45, 7) is 6.17. The molecule has 1 N–H and O–H groups in total. The van der Waals surface area contributed by atoms with Crippen LogP contribution in [-0.4, -0.2) is 18.2 Å². The van der Waals surface area contributed by atoms with E-state index >= 15 is 0 Å². The monoisotopic (exact) mass is 482 g/mol. The van der Waals surface area contributed by atoms with Crippen molar-refractivity contribution < 1.29 is 9.94 Å². The van der Waals surface area contributed by atoms with E-state index in [1.807, 2.05) is 71.8 Å². The topological polar surface area (TPSA) is 35.9 Å². The molecule has 172 valence electrons. The lowest BCUT2D eigenvalue weighted by Crippen LogP contribution is -2.24. The van der Waals surface area contributed by atoms with Crippen LogP contribution in [0.3, 0.4) is 0 Å². The van der Waals surface area contributed by atoms with Crippen molar-refractivity contribution in [2.75, 3.05) is 23.1 Å². The first-order valence-corrected chi connectivity index (χ1v) is 12.0. The lowest BCUT2D eigenvalue weighted by molar-refractivity contribution is 0.128. The van der Waals surface area contributed by atoms with Gasteiger partial charge in [-0.15, -0.1) is 0 Å². The van der Waals surface area contributed by atoms with E-state index in [1.54, 1.807) is 0 Å². The third kappa shape index (κ3) is 5.14. The summed E-state index contributed by atoms with van der Waals surface area (Å²) in [6, 6.07) is 23.0. The van der Waals surface area contributed by atoms with Gasteiger partial charge in [-0.05, 0) is 61.9 Å². The van der Waals surface area contributed by atoms with Crippen LogP contribution in [0.15, 0.2) is 84.6 Å². The molecule has 0 bridgehead atoms. The molecule has 1 heterocycles. The average molecular weight is 483 g/mol. The van der Waals surface area contributed by atoms with E-state index < -0.39 is 6.10 Å². The minimum Gasteiger partial charge on any atom is -0.388 e. The van der Waals surface area contributed by atoms with Gasteiger partial charge in [0.15, 0.2) is 0 Å². The highest BCUT2D eigenvalue weighted by Crippen LogP contribution is 2.43. The second-order valence-electron chi connectivity index (χ2n) is 7.95. The summed E-state index contributed by atoms with van der Waals surface area (Å²) >= 11 is 13.1. The molecule has 0 saturated carbocycles. The van der Waals surface area contributed by atoms with Crippen molar-refractivity contribution >= 4 is 34.6 Å². The first kappa shape index (κ1) is 23.5. The summed E-state index contributed by atoms with van der Waals surface area (Å²) in [5, 5.41) is 13.7. The molecule has 0 spiro atoms. The summed E-state index contributed by atoms with van der Waals surface area (Å²) in [4.78, 5) is 8.56. The van der Waals surface area contributed by atoms with E-state index in [1.165, 1.54) is 0 Å². The van der Waals surface area contributed by atoms with Gasteiger partial charge in [-0.1, -0.05) is 59.6 Å². The van der Waals surface area contributed by atoms with Gasteiger partial charge in [0, 0.05) is 40.8 Å². The Balaban J connectivity index is 1.65. The van der Waals surface area contributed by atoms with Crippen LogP contribution in [0, 0.1) is 0 Å². The fraction of sp³-hybridized carbons (Fsp3) is 0.259.